The first-order valence-corrected chi connectivity index (χ1v) is 20.9. The van der Waals surface area contributed by atoms with Gasteiger partial charge in [0.05, 0.1) is 28.2 Å². The fourth-order valence-corrected chi connectivity index (χ4v) is 7.28. The summed E-state index contributed by atoms with van der Waals surface area (Å²) in [6.45, 7) is 22.5. The van der Waals surface area contributed by atoms with Crippen LogP contribution in [-0.2, 0) is 0 Å². The number of phenolic OH excluding ortho intramolecular Hbond substituents is 2. The second-order valence-corrected chi connectivity index (χ2v) is 23.6. The van der Waals surface area contributed by atoms with E-state index in [-0.39, 0.29) is 23.9 Å². The molecule has 0 bridgehead atoms. The average Bonchev–Trinajstić information content (AvgIpc) is 3.23. The zero-order valence-corrected chi connectivity index (χ0v) is 26.7. The molecule has 0 radical (unpaired) electrons. The summed E-state index contributed by atoms with van der Waals surface area (Å²) in [6.07, 6.45) is 6.82. The smallest absolute Gasteiger partial charge is 0.127 e. The van der Waals surface area contributed by atoms with E-state index in [1.54, 1.807) is 0 Å². The van der Waals surface area contributed by atoms with Crippen LogP contribution in [0.25, 0.3) is 0 Å². The molecule has 1 aliphatic carbocycles. The van der Waals surface area contributed by atoms with Crippen molar-refractivity contribution in [3.63, 3.8) is 0 Å². The van der Waals surface area contributed by atoms with Gasteiger partial charge in [0.1, 0.15) is 11.5 Å². The van der Waals surface area contributed by atoms with Gasteiger partial charge in [0.2, 0.25) is 0 Å². The first-order chi connectivity index (χ1) is 17.1. The maximum atomic E-state index is 11.0. The number of hydrogen-bond acceptors (Lipinski definition) is 4. The monoisotopic (exact) mass is 536 g/mol. The van der Waals surface area contributed by atoms with E-state index in [0.717, 1.165) is 41.5 Å². The molecule has 0 aromatic heterocycles. The van der Waals surface area contributed by atoms with Crippen molar-refractivity contribution in [2.45, 2.75) is 110 Å². The van der Waals surface area contributed by atoms with Crippen LogP contribution in [0.15, 0.2) is 34.3 Å². The van der Waals surface area contributed by atoms with Gasteiger partial charge in [0, 0.05) is 23.6 Å². The predicted molar refractivity (Wildman–Crippen MR) is 167 cm³/mol. The van der Waals surface area contributed by atoms with Gasteiger partial charge >= 0.3 is 0 Å². The summed E-state index contributed by atoms with van der Waals surface area (Å²) in [5.74, 6) is 1.21. The Bertz CT molecular complexity index is 1080. The highest BCUT2D eigenvalue weighted by atomic mass is 28.3. The lowest BCUT2D eigenvalue weighted by atomic mass is 9.99. The summed E-state index contributed by atoms with van der Waals surface area (Å²) in [5, 5.41) is 24.7. The molecule has 2 aromatic rings. The van der Waals surface area contributed by atoms with Crippen LogP contribution >= 0.6 is 0 Å². The number of benzene rings is 2. The van der Waals surface area contributed by atoms with Gasteiger partial charge in [-0.3, -0.25) is 9.98 Å². The maximum Gasteiger partial charge on any atom is 0.127 e. The Labute approximate surface area is 227 Å². The molecule has 37 heavy (non-hydrogen) atoms. The summed E-state index contributed by atoms with van der Waals surface area (Å²) in [7, 11) is -3.09. The largest absolute Gasteiger partial charge is 0.507 e. The van der Waals surface area contributed by atoms with Gasteiger partial charge in [-0.1, -0.05) is 102 Å². The first-order valence-electron chi connectivity index (χ1n) is 13.9. The van der Waals surface area contributed by atoms with Crippen LogP contribution in [0.2, 0.25) is 39.3 Å². The minimum Gasteiger partial charge on any atom is -0.507 e. The molecule has 2 atom stereocenters. The Kier molecular flexibility index (Phi) is 8.95. The second kappa shape index (κ2) is 11.3. The topological polar surface area (TPSA) is 65.2 Å². The van der Waals surface area contributed by atoms with Crippen LogP contribution in [0.1, 0.15) is 81.0 Å². The van der Waals surface area contributed by atoms with E-state index in [9.17, 15) is 10.2 Å². The zero-order valence-electron chi connectivity index (χ0n) is 24.7. The highest BCUT2D eigenvalue weighted by Crippen LogP contribution is 2.31. The third-order valence-corrected chi connectivity index (χ3v) is 11.6. The lowest BCUT2D eigenvalue weighted by Crippen LogP contribution is -2.38. The van der Waals surface area contributed by atoms with Gasteiger partial charge in [-0.05, 0) is 42.2 Å². The summed E-state index contributed by atoms with van der Waals surface area (Å²) in [5.41, 5.74) is 3.64. The molecule has 202 valence electrons. The average molecular weight is 537 g/mol. The van der Waals surface area contributed by atoms with Gasteiger partial charge in [0.25, 0.3) is 0 Å². The van der Waals surface area contributed by atoms with Crippen molar-refractivity contribution in [2.75, 3.05) is 0 Å². The van der Waals surface area contributed by atoms with Crippen LogP contribution in [0.4, 0.5) is 0 Å². The molecular formula is C31H48N2O2Si2. The SMILES string of the molecule is CC(C)c1cc([Si](C)(C)C)cc(C=NC2CCCC2N=Cc2cc([Si](C)(C)C)cc(C(C)C)c2O)c1O. The molecule has 2 unspecified atom stereocenters. The lowest BCUT2D eigenvalue weighted by molar-refractivity contribution is 0.463. The third kappa shape index (κ3) is 7.02. The number of nitrogens with zero attached hydrogens (tertiary/aromatic N) is 2. The quantitative estimate of drug-likeness (QED) is 0.285. The van der Waals surface area contributed by atoms with E-state index in [4.69, 9.17) is 9.98 Å². The molecule has 1 saturated carbocycles. The summed E-state index contributed by atoms with van der Waals surface area (Å²) < 4.78 is 0. The number of aromatic hydroxyl groups is 2. The highest BCUT2D eigenvalue weighted by Gasteiger charge is 2.27. The van der Waals surface area contributed by atoms with Gasteiger partial charge in [-0.25, -0.2) is 0 Å². The minimum absolute atomic E-state index is 0.0839. The Morgan fingerprint density at radius 3 is 1.32 bits per heavy atom. The Hall–Kier alpha value is -2.19. The number of rotatable bonds is 8. The standard InChI is InChI=1S/C31H48N2O2Si2/c1-20(2)26-16-24(36(5,6)7)14-22(30(26)34)18-32-28-12-11-13-29(28)33-19-23-15-25(37(8,9)10)17-27(21(3)4)31(23)35/h14-21,28-29,34-35H,11-13H2,1-10H3. The molecule has 0 spiro atoms. The number of phenols is 2. The molecule has 6 heteroatoms. The summed E-state index contributed by atoms with van der Waals surface area (Å²) in [6, 6.07) is 8.83. The van der Waals surface area contributed by atoms with Crippen molar-refractivity contribution in [3.8, 4) is 11.5 Å². The van der Waals surface area contributed by atoms with E-state index < -0.39 is 16.1 Å². The predicted octanol–water partition coefficient (Wildman–Crippen LogP) is 6.89. The molecule has 0 saturated heterocycles. The molecule has 4 nitrogen and oxygen atoms in total. The molecule has 0 aliphatic heterocycles. The summed E-state index contributed by atoms with van der Waals surface area (Å²) in [4.78, 5) is 9.92. The van der Waals surface area contributed by atoms with Crippen molar-refractivity contribution < 1.29 is 10.2 Å². The molecule has 0 heterocycles. The first kappa shape index (κ1) is 29.4. The maximum absolute atomic E-state index is 11.0. The fraction of sp³-hybridized carbons (Fsp3) is 0.548. The normalized spacial score (nSPS) is 19.2. The third-order valence-electron chi connectivity index (χ3n) is 7.57. The van der Waals surface area contributed by atoms with Gasteiger partial charge in [0.15, 0.2) is 0 Å². The van der Waals surface area contributed by atoms with Crippen molar-refractivity contribution in [1.82, 2.24) is 0 Å². The van der Waals surface area contributed by atoms with Crippen LogP contribution in [-0.4, -0.2) is 50.9 Å². The van der Waals surface area contributed by atoms with Crippen molar-refractivity contribution >= 4 is 39.0 Å². The van der Waals surface area contributed by atoms with E-state index in [1.807, 2.05) is 12.4 Å². The lowest BCUT2D eigenvalue weighted by Gasteiger charge is -2.21. The van der Waals surface area contributed by atoms with Gasteiger partial charge in [-0.15, -0.1) is 0 Å². The highest BCUT2D eigenvalue weighted by molar-refractivity contribution is 6.89. The second-order valence-electron chi connectivity index (χ2n) is 13.4. The molecule has 1 aliphatic rings. The van der Waals surface area contributed by atoms with E-state index in [1.165, 1.54) is 10.4 Å². The molecule has 1 fully saturated rings. The molecule has 2 N–H and O–H groups in total. The Balaban J connectivity index is 1.92. The van der Waals surface area contributed by atoms with Gasteiger partial charge < -0.3 is 10.2 Å². The van der Waals surface area contributed by atoms with Crippen LogP contribution < -0.4 is 10.4 Å². The molecule has 3 rings (SSSR count). The Morgan fingerprint density at radius 1 is 0.676 bits per heavy atom. The molecular weight excluding hydrogens is 489 g/mol. The fourth-order valence-electron chi connectivity index (χ4n) is 4.92. The molecule has 2 aromatic carbocycles. The van der Waals surface area contributed by atoms with E-state index >= 15 is 0 Å². The number of aliphatic imine (C=N–C) groups is 2. The van der Waals surface area contributed by atoms with Crippen LogP contribution in [0.5, 0.6) is 11.5 Å². The van der Waals surface area contributed by atoms with Crippen LogP contribution in [0.3, 0.4) is 0 Å². The summed E-state index contributed by atoms with van der Waals surface area (Å²) >= 11 is 0. The van der Waals surface area contributed by atoms with Crippen molar-refractivity contribution in [3.05, 3.63) is 46.5 Å². The van der Waals surface area contributed by atoms with E-state index in [2.05, 4.69) is 91.2 Å². The van der Waals surface area contributed by atoms with Crippen molar-refractivity contribution in [2.24, 2.45) is 9.98 Å². The van der Waals surface area contributed by atoms with E-state index in [0.29, 0.717) is 11.5 Å². The van der Waals surface area contributed by atoms with Crippen LogP contribution in [0, 0.1) is 0 Å². The van der Waals surface area contributed by atoms with Crippen molar-refractivity contribution in [1.29, 1.82) is 0 Å². The van der Waals surface area contributed by atoms with Gasteiger partial charge in [-0.2, -0.15) is 0 Å². The molecule has 0 amide bonds. The zero-order chi connectivity index (χ0) is 27.7. The number of hydrogen-bond donors (Lipinski definition) is 2. The minimum atomic E-state index is -1.54. The Morgan fingerprint density at radius 2 is 1.03 bits per heavy atom.